The molecule has 0 aliphatic heterocycles. The molecule has 0 spiro atoms. The van der Waals surface area contributed by atoms with Gasteiger partial charge in [-0.05, 0) is 31.3 Å². The number of rotatable bonds is 4. The Hall–Kier alpha value is -1.10. The Bertz CT molecular complexity index is 621. The first kappa shape index (κ1) is 15.3. The highest BCUT2D eigenvalue weighted by molar-refractivity contribution is 9.10. The van der Waals surface area contributed by atoms with E-state index in [2.05, 4.69) is 21.2 Å². The molecule has 0 fully saturated rings. The number of ether oxygens (including phenoxy) is 1. The summed E-state index contributed by atoms with van der Waals surface area (Å²) in [6, 6.07) is 10.3. The highest BCUT2D eigenvalue weighted by Crippen LogP contribution is 2.34. The Labute approximate surface area is 131 Å². The maximum absolute atomic E-state index is 14.2. The summed E-state index contributed by atoms with van der Waals surface area (Å²) in [5.41, 5.74) is 1.32. The quantitative estimate of drug-likeness (QED) is 0.865. The molecule has 0 aliphatic carbocycles. The van der Waals surface area contributed by atoms with E-state index in [1.165, 1.54) is 6.07 Å². The summed E-state index contributed by atoms with van der Waals surface area (Å²) < 4.78 is 20.5. The molecule has 2 nitrogen and oxygen atoms in total. The van der Waals surface area contributed by atoms with E-state index in [0.717, 1.165) is 10.0 Å². The van der Waals surface area contributed by atoms with Crippen LogP contribution in [0.15, 0.2) is 40.9 Å². The maximum atomic E-state index is 14.2. The first-order valence-corrected chi connectivity index (χ1v) is 7.20. The molecule has 0 bridgehead atoms. The van der Waals surface area contributed by atoms with Gasteiger partial charge < -0.3 is 10.1 Å². The van der Waals surface area contributed by atoms with Crippen molar-refractivity contribution in [1.82, 2.24) is 5.32 Å². The van der Waals surface area contributed by atoms with Gasteiger partial charge in [-0.3, -0.25) is 0 Å². The molecule has 106 valence electrons. The first-order chi connectivity index (χ1) is 9.58. The van der Waals surface area contributed by atoms with Crippen molar-refractivity contribution in [3.05, 3.63) is 62.8 Å². The van der Waals surface area contributed by atoms with E-state index in [-0.39, 0.29) is 11.1 Å². The molecular weight excluding hydrogens is 345 g/mol. The Morgan fingerprint density at radius 3 is 2.65 bits per heavy atom. The zero-order valence-electron chi connectivity index (χ0n) is 11.1. The van der Waals surface area contributed by atoms with Gasteiger partial charge in [-0.2, -0.15) is 0 Å². The van der Waals surface area contributed by atoms with Gasteiger partial charge in [0, 0.05) is 15.6 Å². The molecule has 0 radical (unpaired) electrons. The molecule has 0 heterocycles. The molecule has 0 aliphatic rings. The van der Waals surface area contributed by atoms with Crippen LogP contribution in [0.4, 0.5) is 4.39 Å². The van der Waals surface area contributed by atoms with Crippen molar-refractivity contribution in [3.8, 4) is 5.75 Å². The van der Waals surface area contributed by atoms with Gasteiger partial charge >= 0.3 is 0 Å². The standard InChI is InChI=1S/C15H14BrClFNO/c1-19-15(10-4-3-5-12(17)14(10)18)11-8-9(16)6-7-13(11)20-2/h3-8,15,19H,1-2H3. The fraction of sp³-hybridized carbons (Fsp3) is 0.200. The topological polar surface area (TPSA) is 21.3 Å². The molecule has 0 saturated carbocycles. The molecule has 2 aromatic carbocycles. The highest BCUT2D eigenvalue weighted by Gasteiger charge is 2.21. The van der Waals surface area contributed by atoms with Crippen LogP contribution in [0.2, 0.25) is 5.02 Å². The van der Waals surface area contributed by atoms with Crippen molar-refractivity contribution in [1.29, 1.82) is 0 Å². The lowest BCUT2D eigenvalue weighted by Gasteiger charge is -2.21. The van der Waals surface area contributed by atoms with Gasteiger partial charge in [-0.15, -0.1) is 0 Å². The van der Waals surface area contributed by atoms with Crippen LogP contribution in [0.1, 0.15) is 17.2 Å². The van der Waals surface area contributed by atoms with E-state index in [0.29, 0.717) is 11.3 Å². The third kappa shape index (κ3) is 2.97. The molecule has 2 aromatic rings. The minimum atomic E-state index is -0.421. The van der Waals surface area contributed by atoms with Crippen LogP contribution in [-0.4, -0.2) is 14.2 Å². The zero-order chi connectivity index (χ0) is 14.7. The number of benzene rings is 2. The second-order valence-electron chi connectivity index (χ2n) is 4.25. The third-order valence-electron chi connectivity index (χ3n) is 3.08. The van der Waals surface area contributed by atoms with Crippen LogP contribution < -0.4 is 10.1 Å². The molecule has 0 aromatic heterocycles. The lowest BCUT2D eigenvalue weighted by atomic mass is 9.97. The van der Waals surface area contributed by atoms with Gasteiger partial charge in [0.2, 0.25) is 0 Å². The number of nitrogens with one attached hydrogen (secondary N) is 1. The Kier molecular flexibility index (Phi) is 5.02. The van der Waals surface area contributed by atoms with E-state index < -0.39 is 5.82 Å². The van der Waals surface area contributed by atoms with Crippen LogP contribution in [0.3, 0.4) is 0 Å². The fourth-order valence-corrected chi connectivity index (χ4v) is 2.71. The van der Waals surface area contributed by atoms with Gasteiger partial charge in [0.15, 0.2) is 0 Å². The second-order valence-corrected chi connectivity index (χ2v) is 5.57. The van der Waals surface area contributed by atoms with E-state index in [1.54, 1.807) is 26.3 Å². The fourth-order valence-electron chi connectivity index (χ4n) is 2.15. The maximum Gasteiger partial charge on any atom is 0.146 e. The molecule has 20 heavy (non-hydrogen) atoms. The van der Waals surface area contributed by atoms with Crippen molar-refractivity contribution in [3.63, 3.8) is 0 Å². The van der Waals surface area contributed by atoms with Crippen molar-refractivity contribution in [2.24, 2.45) is 0 Å². The molecule has 1 atom stereocenters. The van der Waals surface area contributed by atoms with Crippen LogP contribution in [-0.2, 0) is 0 Å². The normalized spacial score (nSPS) is 12.2. The smallest absolute Gasteiger partial charge is 0.146 e. The average molecular weight is 359 g/mol. The van der Waals surface area contributed by atoms with E-state index >= 15 is 0 Å². The van der Waals surface area contributed by atoms with Crippen LogP contribution in [0.25, 0.3) is 0 Å². The van der Waals surface area contributed by atoms with E-state index in [1.807, 2.05) is 18.2 Å². The Balaban J connectivity index is 2.58. The molecule has 0 amide bonds. The minimum absolute atomic E-state index is 0.108. The van der Waals surface area contributed by atoms with Crippen molar-refractivity contribution >= 4 is 27.5 Å². The second kappa shape index (κ2) is 6.57. The number of halogens is 3. The number of hydrogen-bond acceptors (Lipinski definition) is 2. The largest absolute Gasteiger partial charge is 0.496 e. The van der Waals surface area contributed by atoms with Gasteiger partial charge in [0.05, 0.1) is 18.2 Å². The lowest BCUT2D eigenvalue weighted by molar-refractivity contribution is 0.404. The summed E-state index contributed by atoms with van der Waals surface area (Å²) in [5, 5.41) is 3.21. The van der Waals surface area contributed by atoms with Crippen molar-refractivity contribution < 1.29 is 9.13 Å². The van der Waals surface area contributed by atoms with E-state index in [4.69, 9.17) is 16.3 Å². The monoisotopic (exact) mass is 357 g/mol. The summed E-state index contributed by atoms with van der Waals surface area (Å²) in [7, 11) is 3.36. The average Bonchev–Trinajstić information content (AvgIpc) is 2.44. The lowest BCUT2D eigenvalue weighted by Crippen LogP contribution is -2.20. The summed E-state index contributed by atoms with van der Waals surface area (Å²) in [6.07, 6.45) is 0. The number of hydrogen-bond donors (Lipinski definition) is 1. The molecule has 2 rings (SSSR count). The molecule has 5 heteroatoms. The molecule has 1 N–H and O–H groups in total. The Morgan fingerprint density at radius 1 is 1.25 bits per heavy atom. The minimum Gasteiger partial charge on any atom is -0.496 e. The van der Waals surface area contributed by atoms with Crippen LogP contribution >= 0.6 is 27.5 Å². The third-order valence-corrected chi connectivity index (χ3v) is 3.87. The van der Waals surface area contributed by atoms with Gasteiger partial charge in [-0.25, -0.2) is 4.39 Å². The predicted molar refractivity (Wildman–Crippen MR) is 83.0 cm³/mol. The summed E-state index contributed by atoms with van der Waals surface area (Å²) in [6.45, 7) is 0. The van der Waals surface area contributed by atoms with Crippen molar-refractivity contribution in [2.75, 3.05) is 14.2 Å². The van der Waals surface area contributed by atoms with Gasteiger partial charge in [0.25, 0.3) is 0 Å². The van der Waals surface area contributed by atoms with Gasteiger partial charge in [0.1, 0.15) is 11.6 Å². The predicted octanol–water partition coefficient (Wildman–Crippen LogP) is 4.56. The van der Waals surface area contributed by atoms with Gasteiger partial charge in [-0.1, -0.05) is 39.7 Å². The Morgan fingerprint density at radius 2 is 2.00 bits per heavy atom. The molecular formula is C15H14BrClFNO. The highest BCUT2D eigenvalue weighted by atomic mass is 79.9. The van der Waals surface area contributed by atoms with Crippen LogP contribution in [0.5, 0.6) is 5.75 Å². The summed E-state index contributed by atoms with van der Waals surface area (Å²) in [5.74, 6) is 0.266. The SMILES string of the molecule is CNC(c1cc(Br)ccc1OC)c1cccc(Cl)c1F. The zero-order valence-corrected chi connectivity index (χ0v) is 13.4. The van der Waals surface area contributed by atoms with Crippen molar-refractivity contribution in [2.45, 2.75) is 6.04 Å². The molecule has 0 saturated heterocycles. The van der Waals surface area contributed by atoms with Crippen LogP contribution in [0, 0.1) is 5.82 Å². The first-order valence-electron chi connectivity index (χ1n) is 6.03. The van der Waals surface area contributed by atoms with E-state index in [9.17, 15) is 4.39 Å². The molecule has 1 unspecified atom stereocenters. The number of methoxy groups -OCH3 is 1. The summed E-state index contributed by atoms with van der Waals surface area (Å²) >= 11 is 9.29. The summed E-state index contributed by atoms with van der Waals surface area (Å²) in [4.78, 5) is 0.